The van der Waals surface area contributed by atoms with E-state index in [1.165, 1.54) is 16.8 Å². The molecule has 2 aromatic rings. The summed E-state index contributed by atoms with van der Waals surface area (Å²) in [5, 5.41) is 0.519. The summed E-state index contributed by atoms with van der Waals surface area (Å²) in [6.45, 7) is 0.861. The van der Waals surface area contributed by atoms with Crippen LogP contribution in [0, 0.1) is 0 Å². The highest BCUT2D eigenvalue weighted by molar-refractivity contribution is 7.88. The van der Waals surface area contributed by atoms with Gasteiger partial charge in [0.05, 0.1) is 24.9 Å². The van der Waals surface area contributed by atoms with Gasteiger partial charge in [-0.25, -0.2) is 8.42 Å². The van der Waals surface area contributed by atoms with E-state index < -0.39 is 10.0 Å². The average molecular weight is 344 g/mol. The Labute approximate surface area is 135 Å². The van der Waals surface area contributed by atoms with Gasteiger partial charge in [-0.05, 0) is 23.8 Å². The first-order valence-electron chi connectivity index (χ1n) is 6.73. The fourth-order valence-electron chi connectivity index (χ4n) is 2.02. The number of hydrogen-bond donors (Lipinski definition) is 0. The van der Waals surface area contributed by atoms with Crippen molar-refractivity contribution in [3.63, 3.8) is 0 Å². The molecule has 1 heterocycles. The highest BCUT2D eigenvalue weighted by Crippen LogP contribution is 2.17. The quantitative estimate of drug-likeness (QED) is 0.739. The summed E-state index contributed by atoms with van der Waals surface area (Å²) in [5.74, 6) is -0.102. The second-order valence-corrected chi connectivity index (χ2v) is 7.25. The van der Waals surface area contributed by atoms with E-state index in [0.29, 0.717) is 17.2 Å². The zero-order valence-electron chi connectivity index (χ0n) is 12.2. The lowest BCUT2D eigenvalue weighted by Crippen LogP contribution is -2.34. The van der Waals surface area contributed by atoms with Crippen LogP contribution in [0.25, 0.3) is 0 Å². The van der Waals surface area contributed by atoms with Crippen molar-refractivity contribution in [2.75, 3.05) is 20.3 Å². The van der Waals surface area contributed by atoms with E-state index in [2.05, 4.69) is 0 Å². The van der Waals surface area contributed by atoms with Crippen LogP contribution in [0.15, 0.2) is 47.3 Å². The maximum atomic E-state index is 12.6. The summed E-state index contributed by atoms with van der Waals surface area (Å²) in [7, 11) is -1.95. The van der Waals surface area contributed by atoms with Crippen molar-refractivity contribution >= 4 is 21.6 Å². The zero-order valence-corrected chi connectivity index (χ0v) is 13.8. The molecule has 0 unspecified atom stereocenters. The Morgan fingerprint density at radius 2 is 2.09 bits per heavy atom. The van der Waals surface area contributed by atoms with E-state index in [1.54, 1.807) is 37.4 Å². The number of hydrogen-bond acceptors (Lipinski definition) is 4. The van der Waals surface area contributed by atoms with E-state index in [4.69, 9.17) is 20.8 Å². The first kappa shape index (κ1) is 17.0. The van der Waals surface area contributed by atoms with Crippen LogP contribution < -0.4 is 0 Å². The van der Waals surface area contributed by atoms with Crippen LogP contribution in [-0.4, -0.2) is 33.0 Å². The first-order chi connectivity index (χ1) is 10.5. The van der Waals surface area contributed by atoms with Crippen molar-refractivity contribution < 1.29 is 17.6 Å². The number of methoxy groups -OCH3 is 1. The average Bonchev–Trinajstić information content (AvgIpc) is 2.95. The van der Waals surface area contributed by atoms with Crippen molar-refractivity contribution in [1.82, 2.24) is 4.31 Å². The highest BCUT2D eigenvalue weighted by atomic mass is 35.5. The largest absolute Gasteiger partial charge is 0.472 e. The predicted molar refractivity (Wildman–Crippen MR) is 85.1 cm³/mol. The van der Waals surface area contributed by atoms with Crippen LogP contribution in [0.3, 0.4) is 0 Å². The number of ether oxygens (including phenoxy) is 1. The summed E-state index contributed by atoms with van der Waals surface area (Å²) in [6, 6.07) is 8.60. The van der Waals surface area contributed by atoms with E-state index in [0.717, 1.165) is 5.56 Å². The van der Waals surface area contributed by atoms with Gasteiger partial charge in [0.15, 0.2) is 0 Å². The molecule has 1 aromatic heterocycles. The minimum atomic E-state index is -3.49. The van der Waals surface area contributed by atoms with Crippen LogP contribution in [0.1, 0.15) is 11.1 Å². The van der Waals surface area contributed by atoms with Crippen LogP contribution in [0.4, 0.5) is 0 Å². The summed E-state index contributed by atoms with van der Waals surface area (Å²) in [6.07, 6.45) is 3.06. The molecule has 5 nitrogen and oxygen atoms in total. The molecule has 0 fully saturated rings. The topological polar surface area (TPSA) is 59.8 Å². The van der Waals surface area contributed by atoms with Crippen LogP contribution in [0.2, 0.25) is 5.02 Å². The Morgan fingerprint density at radius 3 is 2.73 bits per heavy atom. The lowest BCUT2D eigenvalue weighted by Gasteiger charge is -2.21. The first-order valence-corrected chi connectivity index (χ1v) is 8.72. The molecular weight excluding hydrogens is 326 g/mol. The number of rotatable bonds is 8. The lowest BCUT2D eigenvalue weighted by atomic mass is 10.2. The second kappa shape index (κ2) is 7.78. The van der Waals surface area contributed by atoms with Crippen molar-refractivity contribution in [1.29, 1.82) is 0 Å². The van der Waals surface area contributed by atoms with Crippen molar-refractivity contribution in [3.8, 4) is 0 Å². The van der Waals surface area contributed by atoms with E-state index in [9.17, 15) is 8.42 Å². The zero-order chi connectivity index (χ0) is 16.0. The molecule has 0 N–H and O–H groups in total. The van der Waals surface area contributed by atoms with Gasteiger partial charge in [-0.2, -0.15) is 4.31 Å². The van der Waals surface area contributed by atoms with Crippen molar-refractivity contribution in [2.24, 2.45) is 0 Å². The van der Waals surface area contributed by atoms with Crippen LogP contribution in [-0.2, 0) is 27.1 Å². The van der Waals surface area contributed by atoms with Gasteiger partial charge in [0.1, 0.15) is 0 Å². The summed E-state index contributed by atoms with van der Waals surface area (Å²) in [4.78, 5) is 0. The Hall–Kier alpha value is -1.34. The van der Waals surface area contributed by atoms with E-state index >= 15 is 0 Å². The Morgan fingerprint density at radius 1 is 1.27 bits per heavy atom. The van der Waals surface area contributed by atoms with Crippen molar-refractivity contribution in [3.05, 3.63) is 59.0 Å². The van der Waals surface area contributed by atoms with Gasteiger partial charge < -0.3 is 9.15 Å². The molecular formula is C15H18ClNO4S. The highest BCUT2D eigenvalue weighted by Gasteiger charge is 2.23. The van der Waals surface area contributed by atoms with E-state index in [-0.39, 0.29) is 18.8 Å². The maximum Gasteiger partial charge on any atom is 0.218 e. The van der Waals surface area contributed by atoms with Gasteiger partial charge in [-0.15, -0.1) is 0 Å². The molecule has 0 saturated carbocycles. The number of furan rings is 1. The normalized spacial score (nSPS) is 12.0. The number of benzene rings is 1. The third-order valence-corrected chi connectivity index (χ3v) is 5.15. The number of halogens is 1. The monoisotopic (exact) mass is 343 g/mol. The lowest BCUT2D eigenvalue weighted by molar-refractivity contribution is 0.177. The molecule has 0 aliphatic carbocycles. The fraction of sp³-hybridized carbons (Fsp3) is 0.333. The second-order valence-electron chi connectivity index (χ2n) is 4.84. The summed E-state index contributed by atoms with van der Waals surface area (Å²) in [5.41, 5.74) is 1.45. The third-order valence-electron chi connectivity index (χ3n) is 3.12. The molecule has 0 saturated heterocycles. The molecule has 0 atom stereocenters. The van der Waals surface area contributed by atoms with Crippen LogP contribution in [0.5, 0.6) is 0 Å². The number of nitrogens with zero attached hydrogens (tertiary/aromatic N) is 1. The minimum absolute atomic E-state index is 0.102. The van der Waals surface area contributed by atoms with Crippen LogP contribution >= 0.6 is 11.6 Å². The maximum absolute atomic E-state index is 12.6. The number of sulfonamides is 1. The van der Waals surface area contributed by atoms with Gasteiger partial charge in [0.25, 0.3) is 0 Å². The fourth-order valence-corrected chi connectivity index (χ4v) is 3.72. The van der Waals surface area contributed by atoms with Crippen molar-refractivity contribution in [2.45, 2.75) is 12.3 Å². The molecule has 0 aliphatic heterocycles. The SMILES string of the molecule is COCCN(Cc1ccoc1)S(=O)(=O)Cc1cccc(Cl)c1. The molecule has 0 aliphatic rings. The smallest absolute Gasteiger partial charge is 0.218 e. The van der Waals surface area contributed by atoms with Gasteiger partial charge in [0, 0.05) is 30.8 Å². The summed E-state index contributed by atoms with van der Waals surface area (Å²) < 4.78 is 36.7. The Bertz CT molecular complexity index is 685. The molecule has 0 radical (unpaired) electrons. The van der Waals surface area contributed by atoms with Gasteiger partial charge in [-0.1, -0.05) is 23.7 Å². The minimum Gasteiger partial charge on any atom is -0.472 e. The molecule has 120 valence electrons. The molecule has 0 amide bonds. The molecule has 22 heavy (non-hydrogen) atoms. The Kier molecular flexibility index (Phi) is 6.02. The Balaban J connectivity index is 2.16. The molecule has 0 spiro atoms. The molecule has 1 aromatic carbocycles. The van der Waals surface area contributed by atoms with E-state index in [1.807, 2.05) is 0 Å². The molecule has 2 rings (SSSR count). The van der Waals surface area contributed by atoms with Gasteiger partial charge in [0.2, 0.25) is 10.0 Å². The standard InChI is InChI=1S/C15H18ClNO4S/c1-20-8-6-17(10-14-5-7-21-11-14)22(18,19)12-13-3-2-4-15(16)9-13/h2-5,7,9,11H,6,8,10,12H2,1H3. The summed E-state index contributed by atoms with van der Waals surface area (Å²) >= 11 is 5.91. The molecule has 7 heteroatoms. The van der Waals surface area contributed by atoms with Gasteiger partial charge >= 0.3 is 0 Å². The van der Waals surface area contributed by atoms with Gasteiger partial charge in [-0.3, -0.25) is 0 Å². The predicted octanol–water partition coefficient (Wildman–Crippen LogP) is 2.91. The molecule has 0 bridgehead atoms. The third kappa shape index (κ3) is 4.84.